The second-order valence-corrected chi connectivity index (χ2v) is 8.80. The number of anilines is 1. The van der Waals surface area contributed by atoms with E-state index < -0.39 is 0 Å². The Bertz CT molecular complexity index is 1540. The number of nitrogens with one attached hydrogen (secondary N) is 1. The third-order valence-corrected chi connectivity index (χ3v) is 6.47. The topological polar surface area (TPSA) is 106 Å². The number of nitrogen functional groups attached to an aromatic ring is 1. The molecule has 1 aliphatic rings. The average Bonchev–Trinajstić information content (AvgIpc) is 3.35. The van der Waals surface area contributed by atoms with E-state index in [2.05, 4.69) is 10.2 Å². The van der Waals surface area contributed by atoms with Gasteiger partial charge in [-0.25, -0.2) is 0 Å². The molecular weight excluding hydrogens is 466 g/mol. The number of H-pyrrole nitrogens is 1. The summed E-state index contributed by atoms with van der Waals surface area (Å²) in [5.41, 5.74) is 11.1. The molecule has 1 amide bonds. The van der Waals surface area contributed by atoms with Gasteiger partial charge in [-0.3, -0.25) is 14.9 Å². The lowest BCUT2D eigenvalue weighted by Gasteiger charge is -2.26. The maximum Gasteiger partial charge on any atom is 0.254 e. The highest BCUT2D eigenvalue weighted by molar-refractivity contribution is 6.06. The van der Waals surface area contributed by atoms with Gasteiger partial charge in [-0.15, -0.1) is 0 Å². The van der Waals surface area contributed by atoms with Gasteiger partial charge in [0.05, 0.1) is 29.8 Å². The molecule has 0 unspecified atom stereocenters. The molecule has 37 heavy (non-hydrogen) atoms. The molecule has 3 N–H and O–H groups in total. The van der Waals surface area contributed by atoms with Crippen LogP contribution in [0.15, 0.2) is 85.1 Å². The summed E-state index contributed by atoms with van der Waals surface area (Å²) in [6.07, 6.45) is 1.81. The first-order valence-electron chi connectivity index (χ1n) is 12.1. The lowest BCUT2D eigenvalue weighted by Crippen LogP contribution is -2.40. The summed E-state index contributed by atoms with van der Waals surface area (Å²) in [5.74, 6) is 1.93. The van der Waals surface area contributed by atoms with Crippen molar-refractivity contribution >= 4 is 22.6 Å². The van der Waals surface area contributed by atoms with Gasteiger partial charge in [0.1, 0.15) is 11.5 Å². The van der Waals surface area contributed by atoms with E-state index >= 15 is 0 Å². The molecule has 3 aromatic carbocycles. The van der Waals surface area contributed by atoms with Crippen molar-refractivity contribution in [3.8, 4) is 33.9 Å². The van der Waals surface area contributed by atoms with Crippen molar-refractivity contribution in [2.75, 3.05) is 32.0 Å². The molecule has 0 atom stereocenters. The van der Waals surface area contributed by atoms with Crippen molar-refractivity contribution in [2.24, 2.45) is 0 Å². The largest absolute Gasteiger partial charge is 0.457 e. The van der Waals surface area contributed by atoms with Crippen LogP contribution in [0.1, 0.15) is 10.4 Å². The van der Waals surface area contributed by atoms with Crippen LogP contribution in [-0.2, 0) is 4.74 Å². The molecule has 5 aromatic rings. The summed E-state index contributed by atoms with van der Waals surface area (Å²) in [7, 11) is 0. The Morgan fingerprint density at radius 2 is 1.57 bits per heavy atom. The van der Waals surface area contributed by atoms with Gasteiger partial charge in [0.15, 0.2) is 5.82 Å². The number of nitrogens with zero attached hydrogens (tertiary/aromatic N) is 3. The minimum atomic E-state index is 0.00813. The number of ether oxygens (including phenoxy) is 2. The second kappa shape index (κ2) is 9.75. The molecule has 6 rings (SSSR count). The number of amides is 1. The minimum absolute atomic E-state index is 0.00813. The van der Waals surface area contributed by atoms with E-state index in [1.54, 1.807) is 0 Å². The second-order valence-electron chi connectivity index (χ2n) is 8.80. The van der Waals surface area contributed by atoms with Crippen LogP contribution < -0.4 is 10.5 Å². The van der Waals surface area contributed by atoms with Gasteiger partial charge in [-0.2, -0.15) is 5.10 Å². The van der Waals surface area contributed by atoms with Gasteiger partial charge in [-0.1, -0.05) is 42.5 Å². The molecule has 1 aliphatic heterocycles. The Kier molecular flexibility index (Phi) is 6.00. The SMILES string of the molecule is Nc1n[nH]c2c(-c3ccc(C(=O)N4CCOCC4)cc3)ncc(-c3ccc(Oc4ccccc4)cc3)c12. The van der Waals surface area contributed by atoms with Gasteiger partial charge in [0, 0.05) is 36.0 Å². The lowest BCUT2D eigenvalue weighted by molar-refractivity contribution is 0.0303. The highest BCUT2D eigenvalue weighted by Crippen LogP contribution is 2.36. The maximum atomic E-state index is 12.8. The standard InChI is InChI=1S/C29H25N5O3/c30-28-25-24(19-10-12-23(13-11-19)37-22-4-2-1-3-5-22)18-31-26(27(25)32-33-28)20-6-8-21(9-7-20)29(35)34-14-16-36-17-15-34/h1-13,18H,14-17H2,(H3,30,32,33). The fraction of sp³-hybridized carbons (Fsp3) is 0.138. The van der Waals surface area contributed by atoms with Crippen molar-refractivity contribution in [2.45, 2.75) is 0 Å². The average molecular weight is 492 g/mol. The maximum absolute atomic E-state index is 12.8. The summed E-state index contributed by atoms with van der Waals surface area (Å²) < 4.78 is 11.3. The Morgan fingerprint density at radius 3 is 2.30 bits per heavy atom. The first-order valence-corrected chi connectivity index (χ1v) is 12.1. The fourth-order valence-corrected chi connectivity index (χ4v) is 4.54. The summed E-state index contributed by atoms with van der Waals surface area (Å²) in [6, 6.07) is 24.9. The predicted octanol–water partition coefficient (Wildman–Crippen LogP) is 5.14. The van der Waals surface area contributed by atoms with E-state index in [4.69, 9.17) is 20.2 Å². The molecule has 2 aromatic heterocycles. The van der Waals surface area contributed by atoms with Crippen LogP contribution in [0.4, 0.5) is 5.82 Å². The number of carbonyl (C=O) groups excluding carboxylic acids is 1. The number of morpholine rings is 1. The van der Waals surface area contributed by atoms with E-state index in [1.165, 1.54) is 0 Å². The van der Waals surface area contributed by atoms with Crippen LogP contribution in [0.25, 0.3) is 33.3 Å². The normalized spacial score (nSPS) is 13.6. The number of fused-ring (bicyclic) bond motifs is 1. The molecule has 1 fully saturated rings. The zero-order valence-corrected chi connectivity index (χ0v) is 20.1. The first-order chi connectivity index (χ1) is 18.2. The Labute approximate surface area is 213 Å². The summed E-state index contributed by atoms with van der Waals surface area (Å²) >= 11 is 0. The smallest absolute Gasteiger partial charge is 0.254 e. The van der Waals surface area contributed by atoms with Gasteiger partial charge in [0.2, 0.25) is 0 Å². The van der Waals surface area contributed by atoms with Gasteiger partial charge >= 0.3 is 0 Å². The van der Waals surface area contributed by atoms with Crippen LogP contribution in [0, 0.1) is 0 Å². The molecule has 3 heterocycles. The summed E-state index contributed by atoms with van der Waals surface area (Å²) in [4.78, 5) is 19.4. The fourth-order valence-electron chi connectivity index (χ4n) is 4.54. The Hall–Kier alpha value is -4.69. The molecule has 1 saturated heterocycles. The number of nitrogens with two attached hydrogens (primary N) is 1. The lowest BCUT2D eigenvalue weighted by atomic mass is 10.00. The summed E-state index contributed by atoms with van der Waals surface area (Å²) in [5, 5.41) is 8.11. The highest BCUT2D eigenvalue weighted by Gasteiger charge is 2.20. The molecule has 0 spiro atoms. The Morgan fingerprint density at radius 1 is 0.892 bits per heavy atom. The zero-order chi connectivity index (χ0) is 25.2. The van der Waals surface area contributed by atoms with Crippen molar-refractivity contribution in [3.63, 3.8) is 0 Å². The highest BCUT2D eigenvalue weighted by atomic mass is 16.5. The molecule has 0 saturated carbocycles. The number of pyridine rings is 1. The molecule has 184 valence electrons. The van der Waals surface area contributed by atoms with E-state index in [9.17, 15) is 4.79 Å². The van der Waals surface area contributed by atoms with Crippen LogP contribution in [0.3, 0.4) is 0 Å². The van der Waals surface area contributed by atoms with Crippen molar-refractivity contribution in [1.29, 1.82) is 0 Å². The number of aromatic nitrogens is 3. The molecule has 0 radical (unpaired) electrons. The van der Waals surface area contributed by atoms with Crippen molar-refractivity contribution in [1.82, 2.24) is 20.1 Å². The third-order valence-electron chi connectivity index (χ3n) is 6.47. The molecule has 0 bridgehead atoms. The Balaban J connectivity index is 1.29. The van der Waals surface area contributed by atoms with Gasteiger partial charge in [0.25, 0.3) is 5.91 Å². The first kappa shape index (κ1) is 22.8. The quantitative estimate of drug-likeness (QED) is 0.353. The number of aromatic amines is 1. The number of hydrogen-bond acceptors (Lipinski definition) is 6. The van der Waals surface area contributed by atoms with E-state index in [0.717, 1.165) is 44.8 Å². The van der Waals surface area contributed by atoms with Crippen LogP contribution in [-0.4, -0.2) is 52.3 Å². The minimum Gasteiger partial charge on any atom is -0.457 e. The molecule has 8 heteroatoms. The number of carbonyl (C=O) groups is 1. The monoisotopic (exact) mass is 491 g/mol. The number of hydrogen-bond donors (Lipinski definition) is 2. The van der Waals surface area contributed by atoms with E-state index in [1.807, 2.05) is 90.0 Å². The number of rotatable bonds is 5. The van der Waals surface area contributed by atoms with E-state index in [-0.39, 0.29) is 5.91 Å². The van der Waals surface area contributed by atoms with Crippen LogP contribution in [0.5, 0.6) is 11.5 Å². The van der Waals surface area contributed by atoms with Crippen LogP contribution in [0.2, 0.25) is 0 Å². The number of para-hydroxylation sites is 1. The summed E-state index contributed by atoms with van der Waals surface area (Å²) in [6.45, 7) is 2.36. The zero-order valence-electron chi connectivity index (χ0n) is 20.1. The predicted molar refractivity (Wildman–Crippen MR) is 142 cm³/mol. The molecular formula is C29H25N5O3. The molecule has 0 aliphatic carbocycles. The van der Waals surface area contributed by atoms with Gasteiger partial charge < -0.3 is 20.1 Å². The van der Waals surface area contributed by atoms with Gasteiger partial charge in [-0.05, 0) is 42.0 Å². The third kappa shape index (κ3) is 4.50. The molecule has 8 nitrogen and oxygen atoms in total. The van der Waals surface area contributed by atoms with E-state index in [0.29, 0.717) is 37.7 Å². The van der Waals surface area contributed by atoms with Crippen LogP contribution >= 0.6 is 0 Å². The van der Waals surface area contributed by atoms with Crippen molar-refractivity contribution in [3.05, 3.63) is 90.6 Å². The van der Waals surface area contributed by atoms with Crippen molar-refractivity contribution < 1.29 is 14.3 Å². The number of benzene rings is 3.